The lowest BCUT2D eigenvalue weighted by Crippen LogP contribution is -2.26. The van der Waals surface area contributed by atoms with Crippen LogP contribution in [0.5, 0.6) is 0 Å². The Labute approximate surface area is 114 Å². The number of amides is 2. The minimum atomic E-state index is -0.877. The molecule has 0 unspecified atom stereocenters. The average Bonchev–Trinajstić information content (AvgIpc) is 2.37. The van der Waals surface area contributed by atoms with Crippen LogP contribution in [-0.2, 0) is 4.79 Å². The van der Waals surface area contributed by atoms with Gasteiger partial charge in [-0.15, -0.1) is 11.8 Å². The number of carbonyl (C=O) groups excluding carboxylic acids is 2. The number of carboxylic acids is 1. The van der Waals surface area contributed by atoms with E-state index in [1.165, 1.54) is 36.0 Å². The summed E-state index contributed by atoms with van der Waals surface area (Å²) in [5.41, 5.74) is 5.85. The quantitative estimate of drug-likeness (QED) is 0.624. The maximum absolute atomic E-state index is 11.7. The van der Waals surface area contributed by atoms with Crippen molar-refractivity contribution < 1.29 is 19.5 Å². The van der Waals surface area contributed by atoms with Crippen LogP contribution in [0.1, 0.15) is 20.7 Å². The SMILES string of the molecule is NC(=O)c1ccc(C(=O)NCCSCC(=O)O)cc1. The predicted octanol–water partition coefficient (Wildman–Crippen LogP) is 0.333. The van der Waals surface area contributed by atoms with Crippen LogP contribution in [0, 0.1) is 0 Å². The molecular weight excluding hydrogens is 268 g/mol. The smallest absolute Gasteiger partial charge is 0.313 e. The van der Waals surface area contributed by atoms with Crippen LogP contribution in [0.15, 0.2) is 24.3 Å². The van der Waals surface area contributed by atoms with E-state index >= 15 is 0 Å². The molecule has 0 atom stereocenters. The van der Waals surface area contributed by atoms with E-state index in [9.17, 15) is 14.4 Å². The maximum atomic E-state index is 11.7. The number of benzene rings is 1. The zero-order valence-electron chi connectivity index (χ0n) is 10.1. The molecule has 102 valence electrons. The molecule has 0 saturated heterocycles. The molecule has 0 spiro atoms. The molecule has 0 bridgehead atoms. The van der Waals surface area contributed by atoms with E-state index in [2.05, 4.69) is 5.32 Å². The Hall–Kier alpha value is -2.02. The van der Waals surface area contributed by atoms with Crippen molar-refractivity contribution in [3.63, 3.8) is 0 Å². The first kappa shape index (κ1) is 15.0. The molecule has 0 saturated carbocycles. The van der Waals surface area contributed by atoms with Crippen LogP contribution in [0.3, 0.4) is 0 Å². The first-order valence-electron chi connectivity index (χ1n) is 5.48. The first-order chi connectivity index (χ1) is 9.00. The normalized spacial score (nSPS) is 9.89. The second-order valence-electron chi connectivity index (χ2n) is 3.64. The van der Waals surface area contributed by atoms with Gasteiger partial charge in [-0.25, -0.2) is 0 Å². The summed E-state index contributed by atoms with van der Waals surface area (Å²) in [5.74, 6) is -1.15. The molecule has 2 amide bonds. The molecule has 0 fully saturated rings. The van der Waals surface area contributed by atoms with E-state index in [4.69, 9.17) is 10.8 Å². The van der Waals surface area contributed by atoms with Gasteiger partial charge in [0.2, 0.25) is 5.91 Å². The van der Waals surface area contributed by atoms with Crippen LogP contribution in [0.25, 0.3) is 0 Å². The van der Waals surface area contributed by atoms with Crippen LogP contribution in [-0.4, -0.2) is 40.9 Å². The van der Waals surface area contributed by atoms with Crippen molar-refractivity contribution in [2.45, 2.75) is 0 Å². The Morgan fingerprint density at radius 3 is 2.26 bits per heavy atom. The van der Waals surface area contributed by atoms with Gasteiger partial charge in [-0.3, -0.25) is 14.4 Å². The first-order valence-corrected chi connectivity index (χ1v) is 6.64. The monoisotopic (exact) mass is 282 g/mol. The summed E-state index contributed by atoms with van der Waals surface area (Å²) in [6, 6.07) is 5.99. The molecule has 1 aromatic rings. The topological polar surface area (TPSA) is 109 Å². The molecule has 0 heterocycles. The van der Waals surface area contributed by atoms with Gasteiger partial charge in [-0.2, -0.15) is 0 Å². The summed E-state index contributed by atoms with van der Waals surface area (Å²) >= 11 is 1.23. The molecule has 6 nitrogen and oxygen atoms in total. The highest BCUT2D eigenvalue weighted by atomic mass is 32.2. The number of rotatable bonds is 7. The van der Waals surface area contributed by atoms with Crippen molar-refractivity contribution in [1.29, 1.82) is 0 Å². The van der Waals surface area contributed by atoms with Crippen molar-refractivity contribution in [2.75, 3.05) is 18.1 Å². The number of hydrogen-bond acceptors (Lipinski definition) is 4. The molecule has 0 aliphatic heterocycles. The summed E-state index contributed by atoms with van der Waals surface area (Å²) < 4.78 is 0. The Morgan fingerprint density at radius 2 is 1.74 bits per heavy atom. The minimum absolute atomic E-state index is 0.0170. The highest BCUT2D eigenvalue weighted by Crippen LogP contribution is 2.04. The third kappa shape index (κ3) is 5.43. The van der Waals surface area contributed by atoms with Gasteiger partial charge in [0.05, 0.1) is 5.75 Å². The molecule has 7 heteroatoms. The predicted molar refractivity (Wildman–Crippen MR) is 72.3 cm³/mol. The van der Waals surface area contributed by atoms with Crippen molar-refractivity contribution >= 4 is 29.5 Å². The third-order valence-electron chi connectivity index (χ3n) is 2.19. The summed E-state index contributed by atoms with van der Waals surface area (Å²) in [6.07, 6.45) is 0. The number of hydrogen-bond donors (Lipinski definition) is 3. The summed E-state index contributed by atoms with van der Waals surface area (Å²) in [6.45, 7) is 0.383. The van der Waals surface area contributed by atoms with E-state index in [0.29, 0.717) is 23.4 Å². The molecule has 0 aromatic heterocycles. The molecule has 4 N–H and O–H groups in total. The van der Waals surface area contributed by atoms with Crippen LogP contribution in [0.2, 0.25) is 0 Å². The van der Waals surface area contributed by atoms with E-state index < -0.39 is 11.9 Å². The second-order valence-corrected chi connectivity index (χ2v) is 4.75. The fraction of sp³-hybridized carbons (Fsp3) is 0.250. The number of carbonyl (C=O) groups is 3. The lowest BCUT2D eigenvalue weighted by Gasteiger charge is -2.05. The molecular formula is C12H14N2O4S. The van der Waals surface area contributed by atoms with E-state index in [1.807, 2.05) is 0 Å². The zero-order valence-corrected chi connectivity index (χ0v) is 10.9. The van der Waals surface area contributed by atoms with Gasteiger partial charge < -0.3 is 16.2 Å². The summed E-state index contributed by atoms with van der Waals surface area (Å²) in [4.78, 5) is 32.8. The second kappa shape index (κ2) is 7.42. The number of nitrogens with one attached hydrogen (secondary N) is 1. The number of carboxylic acid groups (broad SMARTS) is 1. The lowest BCUT2D eigenvalue weighted by molar-refractivity contribution is -0.133. The molecule has 1 aromatic carbocycles. The largest absolute Gasteiger partial charge is 0.481 e. The third-order valence-corrected chi connectivity index (χ3v) is 3.13. The number of aliphatic carboxylic acids is 1. The van der Waals surface area contributed by atoms with Crippen molar-refractivity contribution in [3.05, 3.63) is 35.4 Å². The van der Waals surface area contributed by atoms with Crippen LogP contribution in [0.4, 0.5) is 0 Å². The molecule has 0 radical (unpaired) electrons. The van der Waals surface area contributed by atoms with E-state index in [-0.39, 0.29) is 11.7 Å². The highest BCUT2D eigenvalue weighted by Gasteiger charge is 2.06. The fourth-order valence-corrected chi connectivity index (χ4v) is 1.85. The summed E-state index contributed by atoms with van der Waals surface area (Å²) in [7, 11) is 0. The fourth-order valence-electron chi connectivity index (χ4n) is 1.28. The Kier molecular flexibility index (Phi) is 5.87. The van der Waals surface area contributed by atoms with Crippen molar-refractivity contribution in [3.8, 4) is 0 Å². The number of thioether (sulfide) groups is 1. The standard InChI is InChI=1S/C12H14N2O4S/c13-11(17)8-1-3-9(4-2-8)12(18)14-5-6-19-7-10(15)16/h1-4H,5-7H2,(H2,13,17)(H,14,18)(H,15,16). The van der Waals surface area contributed by atoms with Gasteiger partial charge in [0.25, 0.3) is 5.91 Å². The zero-order chi connectivity index (χ0) is 14.3. The van der Waals surface area contributed by atoms with Gasteiger partial charge in [0.15, 0.2) is 0 Å². The van der Waals surface area contributed by atoms with Gasteiger partial charge in [-0.1, -0.05) is 0 Å². The van der Waals surface area contributed by atoms with Gasteiger partial charge in [0.1, 0.15) is 0 Å². The van der Waals surface area contributed by atoms with Gasteiger partial charge in [-0.05, 0) is 24.3 Å². The Morgan fingerprint density at radius 1 is 1.16 bits per heavy atom. The van der Waals surface area contributed by atoms with Crippen LogP contribution >= 0.6 is 11.8 Å². The highest BCUT2D eigenvalue weighted by molar-refractivity contribution is 7.99. The Balaban J connectivity index is 2.37. The van der Waals surface area contributed by atoms with Gasteiger partial charge in [0, 0.05) is 23.4 Å². The molecule has 19 heavy (non-hydrogen) atoms. The van der Waals surface area contributed by atoms with Crippen molar-refractivity contribution in [1.82, 2.24) is 5.32 Å². The van der Waals surface area contributed by atoms with Crippen molar-refractivity contribution in [2.24, 2.45) is 5.73 Å². The number of primary amides is 1. The Bertz CT molecular complexity index is 473. The molecule has 0 aliphatic carbocycles. The average molecular weight is 282 g/mol. The minimum Gasteiger partial charge on any atom is -0.481 e. The van der Waals surface area contributed by atoms with E-state index in [1.54, 1.807) is 0 Å². The summed E-state index contributed by atoms with van der Waals surface area (Å²) in [5, 5.41) is 11.1. The lowest BCUT2D eigenvalue weighted by atomic mass is 10.1. The van der Waals surface area contributed by atoms with Crippen LogP contribution < -0.4 is 11.1 Å². The molecule has 1 rings (SSSR count). The van der Waals surface area contributed by atoms with Gasteiger partial charge >= 0.3 is 5.97 Å². The van der Waals surface area contributed by atoms with E-state index in [0.717, 1.165) is 0 Å². The molecule has 0 aliphatic rings. The number of nitrogens with two attached hydrogens (primary N) is 1. The maximum Gasteiger partial charge on any atom is 0.313 e.